The highest BCUT2D eigenvalue weighted by molar-refractivity contribution is 7.10. The van der Waals surface area contributed by atoms with E-state index < -0.39 is 11.6 Å². The van der Waals surface area contributed by atoms with Crippen molar-refractivity contribution in [3.05, 3.63) is 88.6 Å². The van der Waals surface area contributed by atoms with Gasteiger partial charge in [-0.05, 0) is 29.5 Å². The number of piperidine rings is 3. The Hall–Kier alpha value is -2.19. The molecule has 0 amide bonds. The highest BCUT2D eigenvalue weighted by Crippen LogP contribution is 2.41. The Bertz CT molecular complexity index is 1070. The molecule has 0 saturated carbocycles. The van der Waals surface area contributed by atoms with Gasteiger partial charge in [0.2, 0.25) is 11.8 Å². The van der Waals surface area contributed by atoms with Crippen molar-refractivity contribution in [1.82, 2.24) is 0 Å². The molecule has 0 aliphatic carbocycles. The van der Waals surface area contributed by atoms with E-state index in [1.54, 1.807) is 18.2 Å². The van der Waals surface area contributed by atoms with Crippen LogP contribution in [0.2, 0.25) is 0 Å². The maximum Gasteiger partial charge on any atom is 0.353 e. The number of para-hydroxylation sites is 1. The first-order chi connectivity index (χ1) is 16.6. The third kappa shape index (κ3) is 5.33. The topological polar surface area (TPSA) is 55.8 Å². The fourth-order valence-electron chi connectivity index (χ4n) is 5.51. The SMILES string of the molecule is O=C(O[C@@H]1CC2CC[N+]1(CCCOc1ccccc1)CC2)C(O)(c1ccccc1)c1cccs1.[Br-]. The van der Waals surface area contributed by atoms with Crippen molar-refractivity contribution in [1.29, 1.82) is 0 Å². The van der Waals surface area contributed by atoms with Crippen LogP contribution in [0, 0.1) is 5.92 Å². The first-order valence-electron chi connectivity index (χ1n) is 12.2. The normalized spacial score (nSPS) is 24.7. The molecule has 2 bridgehead atoms. The number of thiophene rings is 1. The lowest BCUT2D eigenvalue weighted by Gasteiger charge is -2.53. The summed E-state index contributed by atoms with van der Waals surface area (Å²) in [5, 5.41) is 13.6. The molecule has 1 aromatic heterocycles. The lowest BCUT2D eigenvalue weighted by atomic mass is 9.84. The number of nitrogens with zero attached hydrogens (tertiary/aromatic N) is 1. The number of aliphatic hydroxyl groups is 1. The zero-order valence-corrected chi connectivity index (χ0v) is 22.1. The second kappa shape index (κ2) is 11.2. The molecule has 3 aromatic rings. The molecule has 0 spiro atoms. The Morgan fingerprint density at radius 2 is 1.69 bits per heavy atom. The molecule has 0 radical (unpaired) electrons. The number of esters is 1. The molecule has 186 valence electrons. The van der Waals surface area contributed by atoms with Crippen molar-refractivity contribution < 1.29 is 40.8 Å². The van der Waals surface area contributed by atoms with Crippen LogP contribution in [0.1, 0.15) is 36.1 Å². The van der Waals surface area contributed by atoms with Crippen LogP contribution in [0.4, 0.5) is 0 Å². The van der Waals surface area contributed by atoms with E-state index in [0.29, 0.717) is 23.0 Å². The van der Waals surface area contributed by atoms with E-state index in [1.165, 1.54) is 24.2 Å². The van der Waals surface area contributed by atoms with E-state index in [4.69, 9.17) is 9.47 Å². The summed E-state index contributed by atoms with van der Waals surface area (Å²) < 4.78 is 12.9. The van der Waals surface area contributed by atoms with Crippen molar-refractivity contribution in [3.63, 3.8) is 0 Å². The fraction of sp³-hybridized carbons (Fsp3) is 0.393. The van der Waals surface area contributed by atoms with Crippen LogP contribution < -0.4 is 21.7 Å². The second-order valence-corrected chi connectivity index (χ2v) is 10.4. The molecule has 3 saturated heterocycles. The van der Waals surface area contributed by atoms with Crippen LogP contribution in [0.5, 0.6) is 5.75 Å². The average Bonchev–Trinajstić information content (AvgIpc) is 3.44. The average molecular weight is 559 g/mol. The minimum Gasteiger partial charge on any atom is -1.00 e. The van der Waals surface area contributed by atoms with Gasteiger partial charge in [-0.2, -0.15) is 0 Å². The van der Waals surface area contributed by atoms with Gasteiger partial charge in [-0.15, -0.1) is 11.3 Å². The fourth-order valence-corrected chi connectivity index (χ4v) is 6.35. The summed E-state index contributed by atoms with van der Waals surface area (Å²) in [4.78, 5) is 14.3. The summed E-state index contributed by atoms with van der Waals surface area (Å²) in [7, 11) is 0. The molecule has 35 heavy (non-hydrogen) atoms. The van der Waals surface area contributed by atoms with Gasteiger partial charge in [0, 0.05) is 31.2 Å². The number of rotatable bonds is 9. The highest BCUT2D eigenvalue weighted by atomic mass is 79.9. The quantitative estimate of drug-likeness (QED) is 0.248. The lowest BCUT2D eigenvalue weighted by molar-refractivity contribution is -0.984. The van der Waals surface area contributed by atoms with Gasteiger partial charge in [-0.25, -0.2) is 4.79 Å². The smallest absolute Gasteiger partial charge is 0.353 e. The number of ether oxygens (including phenoxy) is 2. The Balaban J connectivity index is 0.00000289. The Morgan fingerprint density at radius 1 is 1.00 bits per heavy atom. The molecule has 6 rings (SSSR count). The summed E-state index contributed by atoms with van der Waals surface area (Å²) in [6.07, 6.45) is 3.86. The first-order valence-corrected chi connectivity index (χ1v) is 13.0. The minimum atomic E-state index is -1.80. The third-order valence-corrected chi connectivity index (χ3v) is 8.46. The van der Waals surface area contributed by atoms with Crippen LogP contribution in [-0.4, -0.2) is 48.0 Å². The molecule has 3 aliphatic rings. The maximum absolute atomic E-state index is 13.7. The number of carbonyl (C=O) groups is 1. The monoisotopic (exact) mass is 557 g/mol. The summed E-state index contributed by atoms with van der Waals surface area (Å²) in [6.45, 7) is 3.56. The van der Waals surface area contributed by atoms with E-state index in [1.807, 2.05) is 60.0 Å². The molecule has 2 aromatic carbocycles. The number of quaternary nitrogens is 1. The predicted molar refractivity (Wildman–Crippen MR) is 132 cm³/mol. The van der Waals surface area contributed by atoms with Gasteiger partial charge in [0.1, 0.15) is 5.75 Å². The van der Waals surface area contributed by atoms with Gasteiger partial charge >= 0.3 is 5.97 Å². The van der Waals surface area contributed by atoms with E-state index in [-0.39, 0.29) is 23.2 Å². The van der Waals surface area contributed by atoms with Gasteiger partial charge in [0.15, 0.2) is 0 Å². The van der Waals surface area contributed by atoms with Gasteiger partial charge in [-0.3, -0.25) is 4.48 Å². The van der Waals surface area contributed by atoms with E-state index in [2.05, 4.69) is 0 Å². The largest absolute Gasteiger partial charge is 1.00 e. The molecular weight excluding hydrogens is 526 g/mol. The molecule has 7 heteroatoms. The highest BCUT2D eigenvalue weighted by Gasteiger charge is 2.52. The molecule has 1 N–H and O–H groups in total. The number of hydrogen-bond donors (Lipinski definition) is 1. The van der Waals surface area contributed by atoms with Gasteiger partial charge in [-0.1, -0.05) is 54.6 Å². The molecule has 1 unspecified atom stereocenters. The van der Waals surface area contributed by atoms with Crippen molar-refractivity contribution in [3.8, 4) is 5.75 Å². The minimum absolute atomic E-state index is 0. The van der Waals surface area contributed by atoms with Crippen molar-refractivity contribution in [2.45, 2.75) is 37.5 Å². The number of carbonyl (C=O) groups excluding carboxylic acids is 1. The molecule has 5 nitrogen and oxygen atoms in total. The summed E-state index contributed by atoms with van der Waals surface area (Å²) in [5.74, 6) is 0.897. The second-order valence-electron chi connectivity index (χ2n) is 9.50. The van der Waals surface area contributed by atoms with Gasteiger partial charge in [0.05, 0.1) is 31.1 Å². The molecule has 4 heterocycles. The van der Waals surface area contributed by atoms with Crippen LogP contribution in [-0.2, 0) is 15.1 Å². The Labute approximate surface area is 221 Å². The summed E-state index contributed by atoms with van der Waals surface area (Å²) in [6, 6.07) is 22.7. The van der Waals surface area contributed by atoms with Crippen molar-refractivity contribution in [2.75, 3.05) is 26.2 Å². The molecular formula is C28H32BrNO4S. The molecule has 2 atom stereocenters. The van der Waals surface area contributed by atoms with Crippen LogP contribution >= 0.6 is 11.3 Å². The predicted octanol–water partition coefficient (Wildman–Crippen LogP) is 1.96. The van der Waals surface area contributed by atoms with Crippen LogP contribution in [0.25, 0.3) is 0 Å². The summed E-state index contributed by atoms with van der Waals surface area (Å²) in [5.41, 5.74) is -1.26. The Morgan fingerprint density at radius 3 is 2.34 bits per heavy atom. The zero-order valence-electron chi connectivity index (χ0n) is 19.7. The standard InChI is InChI=1S/C28H32NO4S.BrH/c30-27(28(31,25-13-7-20-34-25)23-9-3-1-4-10-23)33-26-21-22-14-17-29(26,18-15-22)16-8-19-32-24-11-5-2-6-12-24;/h1-7,9-13,20,22,26,31H,8,14-19,21H2;1H/q+1;/p-1/t22?,26-,28?,29?;/m1./s1. The number of fused-ring (bicyclic) bond motifs is 3. The maximum atomic E-state index is 13.7. The van der Waals surface area contributed by atoms with Gasteiger partial charge < -0.3 is 31.6 Å². The lowest BCUT2D eigenvalue weighted by Crippen LogP contribution is -3.00. The first kappa shape index (κ1) is 25.9. The zero-order chi connectivity index (χ0) is 23.4. The third-order valence-electron chi connectivity index (χ3n) is 7.48. The van der Waals surface area contributed by atoms with E-state index >= 15 is 0 Å². The van der Waals surface area contributed by atoms with Crippen LogP contribution in [0.15, 0.2) is 78.2 Å². The van der Waals surface area contributed by atoms with Crippen LogP contribution in [0.3, 0.4) is 0 Å². The molecule has 3 aliphatic heterocycles. The summed E-state index contributed by atoms with van der Waals surface area (Å²) >= 11 is 1.37. The van der Waals surface area contributed by atoms with Crippen molar-refractivity contribution >= 4 is 17.3 Å². The Kier molecular flexibility index (Phi) is 8.32. The number of halogens is 1. The number of benzene rings is 2. The van der Waals surface area contributed by atoms with Gasteiger partial charge in [0.25, 0.3) is 0 Å². The van der Waals surface area contributed by atoms with E-state index in [9.17, 15) is 9.90 Å². The van der Waals surface area contributed by atoms with Crippen molar-refractivity contribution in [2.24, 2.45) is 5.92 Å². The van der Waals surface area contributed by atoms with E-state index in [0.717, 1.165) is 42.7 Å². The molecule has 3 fully saturated rings. The number of hydrogen-bond acceptors (Lipinski definition) is 5.